The van der Waals surface area contributed by atoms with Gasteiger partial charge in [-0.2, -0.15) is 5.10 Å². The second-order valence-corrected chi connectivity index (χ2v) is 4.73. The maximum atomic E-state index is 6.12. The molecule has 2 aromatic rings. The molecule has 0 amide bonds. The van der Waals surface area contributed by atoms with Gasteiger partial charge in [-0.1, -0.05) is 6.07 Å². The molecule has 0 saturated carbocycles. The highest BCUT2D eigenvalue weighted by Gasteiger charge is 2.16. The van der Waals surface area contributed by atoms with Crippen LogP contribution in [0.2, 0.25) is 0 Å². The van der Waals surface area contributed by atoms with Gasteiger partial charge in [0, 0.05) is 19.3 Å². The molecule has 5 heteroatoms. The van der Waals surface area contributed by atoms with E-state index in [0.717, 1.165) is 41.7 Å². The summed E-state index contributed by atoms with van der Waals surface area (Å²) < 4.78 is 1.84. The first kappa shape index (κ1) is 13.4. The van der Waals surface area contributed by atoms with E-state index in [-0.39, 0.29) is 0 Å². The van der Waals surface area contributed by atoms with Crippen LogP contribution >= 0.6 is 0 Å². The molecule has 2 heterocycles. The third-order valence-corrected chi connectivity index (χ3v) is 3.22. The standard InChI is InChI=1S/C14H21N5/c1-5-19(9-12-8-6-7-10(2)16-12)14-13(15)11(3)17-18(14)4/h6-8H,5,9,15H2,1-4H3. The summed E-state index contributed by atoms with van der Waals surface area (Å²) in [5.74, 6) is 0.961. The molecule has 0 aromatic carbocycles. The van der Waals surface area contributed by atoms with Crippen LogP contribution in [0.15, 0.2) is 18.2 Å². The Labute approximate surface area is 114 Å². The highest BCUT2D eigenvalue weighted by molar-refractivity contribution is 5.66. The number of nitrogen functional groups attached to an aromatic ring is 1. The molecule has 0 atom stereocenters. The fourth-order valence-corrected chi connectivity index (χ4v) is 2.26. The Morgan fingerprint density at radius 1 is 1.32 bits per heavy atom. The van der Waals surface area contributed by atoms with E-state index in [9.17, 15) is 0 Å². The predicted octanol–water partition coefficient (Wildman–Crippen LogP) is 2.04. The smallest absolute Gasteiger partial charge is 0.150 e. The van der Waals surface area contributed by atoms with Crippen LogP contribution in [0, 0.1) is 13.8 Å². The van der Waals surface area contributed by atoms with Crippen molar-refractivity contribution in [1.82, 2.24) is 14.8 Å². The van der Waals surface area contributed by atoms with Crippen LogP contribution in [0.5, 0.6) is 0 Å². The van der Waals surface area contributed by atoms with Crippen molar-refractivity contribution in [3.63, 3.8) is 0 Å². The molecule has 0 aliphatic heterocycles. The van der Waals surface area contributed by atoms with E-state index in [4.69, 9.17) is 5.73 Å². The van der Waals surface area contributed by atoms with Crippen molar-refractivity contribution in [2.24, 2.45) is 7.05 Å². The van der Waals surface area contributed by atoms with Gasteiger partial charge in [0.25, 0.3) is 0 Å². The minimum atomic E-state index is 0.737. The quantitative estimate of drug-likeness (QED) is 0.912. The summed E-state index contributed by atoms with van der Waals surface area (Å²) in [5.41, 5.74) is 9.81. The van der Waals surface area contributed by atoms with Gasteiger partial charge in [0.05, 0.1) is 23.6 Å². The first-order valence-electron chi connectivity index (χ1n) is 6.49. The molecule has 2 rings (SSSR count). The van der Waals surface area contributed by atoms with Crippen LogP contribution in [0.25, 0.3) is 0 Å². The van der Waals surface area contributed by atoms with Crippen molar-refractivity contribution in [2.45, 2.75) is 27.3 Å². The summed E-state index contributed by atoms with van der Waals surface area (Å²) in [4.78, 5) is 6.73. The van der Waals surface area contributed by atoms with E-state index in [0.29, 0.717) is 0 Å². The lowest BCUT2D eigenvalue weighted by Crippen LogP contribution is -2.25. The fourth-order valence-electron chi connectivity index (χ4n) is 2.26. The highest BCUT2D eigenvalue weighted by atomic mass is 15.4. The minimum Gasteiger partial charge on any atom is -0.394 e. The van der Waals surface area contributed by atoms with E-state index < -0.39 is 0 Å². The normalized spacial score (nSPS) is 10.7. The predicted molar refractivity (Wildman–Crippen MR) is 78.1 cm³/mol. The summed E-state index contributed by atoms with van der Waals surface area (Å²) in [6.45, 7) is 7.64. The number of rotatable bonds is 4. The van der Waals surface area contributed by atoms with Gasteiger partial charge < -0.3 is 10.6 Å². The van der Waals surface area contributed by atoms with Crippen molar-refractivity contribution in [3.8, 4) is 0 Å². The maximum Gasteiger partial charge on any atom is 0.150 e. The largest absolute Gasteiger partial charge is 0.394 e. The van der Waals surface area contributed by atoms with Crippen LogP contribution in [0.4, 0.5) is 11.5 Å². The summed E-state index contributed by atoms with van der Waals surface area (Å²) in [6, 6.07) is 6.07. The van der Waals surface area contributed by atoms with E-state index in [1.165, 1.54) is 0 Å². The van der Waals surface area contributed by atoms with Crippen molar-refractivity contribution < 1.29 is 0 Å². The lowest BCUT2D eigenvalue weighted by atomic mass is 10.3. The number of nitrogens with two attached hydrogens (primary N) is 1. The van der Waals surface area contributed by atoms with E-state index >= 15 is 0 Å². The van der Waals surface area contributed by atoms with Crippen LogP contribution in [0.3, 0.4) is 0 Å². The SMILES string of the molecule is CCN(Cc1cccc(C)n1)c1c(N)c(C)nn1C. The molecule has 0 aliphatic rings. The highest BCUT2D eigenvalue weighted by Crippen LogP contribution is 2.26. The van der Waals surface area contributed by atoms with Crippen LogP contribution < -0.4 is 10.6 Å². The summed E-state index contributed by atoms with van der Waals surface area (Å²) in [5, 5.41) is 4.37. The lowest BCUT2D eigenvalue weighted by Gasteiger charge is -2.23. The first-order valence-corrected chi connectivity index (χ1v) is 6.49. The molecular formula is C14H21N5. The summed E-state index contributed by atoms with van der Waals surface area (Å²) in [7, 11) is 1.92. The molecule has 102 valence electrons. The number of anilines is 2. The second kappa shape index (κ2) is 5.30. The molecule has 0 saturated heterocycles. The van der Waals surface area contributed by atoms with E-state index in [2.05, 4.69) is 21.9 Å². The molecule has 2 aromatic heterocycles. The van der Waals surface area contributed by atoms with Crippen LogP contribution in [0.1, 0.15) is 24.0 Å². The Morgan fingerprint density at radius 3 is 2.58 bits per heavy atom. The Bertz CT molecular complexity index is 573. The van der Waals surface area contributed by atoms with E-state index in [1.54, 1.807) is 0 Å². The topological polar surface area (TPSA) is 60.0 Å². The van der Waals surface area contributed by atoms with Gasteiger partial charge in [0.1, 0.15) is 0 Å². The lowest BCUT2D eigenvalue weighted by molar-refractivity contribution is 0.700. The molecule has 0 fully saturated rings. The van der Waals surface area contributed by atoms with Gasteiger partial charge in [-0.15, -0.1) is 0 Å². The number of nitrogens with zero attached hydrogens (tertiary/aromatic N) is 4. The molecule has 5 nitrogen and oxygen atoms in total. The third-order valence-electron chi connectivity index (χ3n) is 3.22. The monoisotopic (exact) mass is 259 g/mol. The zero-order chi connectivity index (χ0) is 14.0. The Hall–Kier alpha value is -2.04. The summed E-state index contributed by atoms with van der Waals surface area (Å²) >= 11 is 0. The zero-order valence-electron chi connectivity index (χ0n) is 12.0. The first-order chi connectivity index (χ1) is 9.02. The van der Waals surface area contributed by atoms with E-state index in [1.807, 2.05) is 43.8 Å². The van der Waals surface area contributed by atoms with Gasteiger partial charge >= 0.3 is 0 Å². The van der Waals surface area contributed by atoms with Crippen LogP contribution in [-0.4, -0.2) is 21.3 Å². The number of pyridine rings is 1. The average molecular weight is 259 g/mol. The second-order valence-electron chi connectivity index (χ2n) is 4.73. The number of aryl methyl sites for hydroxylation is 3. The Kier molecular flexibility index (Phi) is 3.74. The van der Waals surface area contributed by atoms with Crippen molar-refractivity contribution in [1.29, 1.82) is 0 Å². The molecule has 0 aliphatic carbocycles. The molecule has 19 heavy (non-hydrogen) atoms. The third kappa shape index (κ3) is 2.70. The minimum absolute atomic E-state index is 0.737. The number of hydrogen-bond donors (Lipinski definition) is 1. The van der Waals surface area contributed by atoms with Crippen molar-refractivity contribution in [3.05, 3.63) is 35.3 Å². The Balaban J connectivity index is 2.30. The van der Waals surface area contributed by atoms with Crippen molar-refractivity contribution >= 4 is 11.5 Å². The fraction of sp³-hybridized carbons (Fsp3) is 0.429. The molecule has 0 spiro atoms. The van der Waals surface area contributed by atoms with Gasteiger partial charge in [0.15, 0.2) is 5.82 Å². The molecule has 0 radical (unpaired) electrons. The Morgan fingerprint density at radius 2 is 2.05 bits per heavy atom. The van der Waals surface area contributed by atoms with Gasteiger partial charge in [0.2, 0.25) is 0 Å². The molecule has 0 unspecified atom stereocenters. The molecule has 2 N–H and O–H groups in total. The van der Waals surface area contributed by atoms with Gasteiger partial charge in [-0.3, -0.25) is 9.67 Å². The zero-order valence-corrected chi connectivity index (χ0v) is 12.0. The van der Waals surface area contributed by atoms with Crippen LogP contribution in [-0.2, 0) is 13.6 Å². The van der Waals surface area contributed by atoms with Gasteiger partial charge in [-0.25, -0.2) is 0 Å². The maximum absolute atomic E-state index is 6.12. The number of aromatic nitrogens is 3. The van der Waals surface area contributed by atoms with Crippen molar-refractivity contribution in [2.75, 3.05) is 17.2 Å². The average Bonchev–Trinajstić information content (AvgIpc) is 2.61. The molecule has 0 bridgehead atoms. The summed E-state index contributed by atoms with van der Waals surface area (Å²) in [6.07, 6.45) is 0. The van der Waals surface area contributed by atoms with Gasteiger partial charge in [-0.05, 0) is 32.9 Å². The molecular weight excluding hydrogens is 238 g/mol. The number of hydrogen-bond acceptors (Lipinski definition) is 4.